The lowest BCUT2D eigenvalue weighted by molar-refractivity contribution is 0.414. The van der Waals surface area contributed by atoms with Gasteiger partial charge in [0.25, 0.3) is 0 Å². The highest BCUT2D eigenvalue weighted by Crippen LogP contribution is 2.32. The smallest absolute Gasteiger partial charge is 0.137 e. The standard InChI is InChI=1S/C14H18ClN3OS/c1-4-5-11-14(20-18-17-11)13(16-2)9-6-7-10(15)12(8-9)19-3/h6-8,13,16H,4-5H2,1-3H3. The molecule has 0 saturated carbocycles. The number of rotatable bonds is 6. The van der Waals surface area contributed by atoms with Crippen molar-refractivity contribution in [3.63, 3.8) is 0 Å². The van der Waals surface area contributed by atoms with Gasteiger partial charge in [-0.3, -0.25) is 0 Å². The number of halogens is 1. The molecular weight excluding hydrogens is 294 g/mol. The SMILES string of the molecule is CCCc1nnsc1C(NC)c1ccc(Cl)c(OC)c1. The van der Waals surface area contributed by atoms with Gasteiger partial charge in [-0.15, -0.1) is 5.10 Å². The van der Waals surface area contributed by atoms with Crippen LogP contribution >= 0.6 is 23.1 Å². The molecule has 4 nitrogen and oxygen atoms in total. The zero-order valence-corrected chi connectivity index (χ0v) is 13.4. The van der Waals surface area contributed by atoms with E-state index in [1.807, 2.05) is 25.2 Å². The third kappa shape index (κ3) is 3.11. The lowest BCUT2D eigenvalue weighted by Crippen LogP contribution is -2.18. The summed E-state index contributed by atoms with van der Waals surface area (Å²) in [5.41, 5.74) is 2.16. The maximum Gasteiger partial charge on any atom is 0.137 e. The van der Waals surface area contributed by atoms with Gasteiger partial charge in [0.05, 0.1) is 28.7 Å². The number of benzene rings is 1. The van der Waals surface area contributed by atoms with Crippen LogP contribution in [-0.2, 0) is 6.42 Å². The number of aromatic nitrogens is 2. The average molecular weight is 312 g/mol. The highest BCUT2D eigenvalue weighted by atomic mass is 35.5. The second-order valence-electron chi connectivity index (χ2n) is 4.45. The molecule has 2 rings (SSSR count). The number of methoxy groups -OCH3 is 1. The summed E-state index contributed by atoms with van der Waals surface area (Å²) in [6.45, 7) is 2.14. The molecule has 0 aliphatic carbocycles. The van der Waals surface area contributed by atoms with Crippen molar-refractivity contribution < 1.29 is 4.74 Å². The van der Waals surface area contributed by atoms with Crippen LogP contribution in [0.3, 0.4) is 0 Å². The van der Waals surface area contributed by atoms with Crippen molar-refractivity contribution in [2.45, 2.75) is 25.8 Å². The normalized spacial score (nSPS) is 12.4. The molecule has 1 aromatic heterocycles. The zero-order valence-electron chi connectivity index (χ0n) is 11.8. The Bertz CT molecular complexity index is 573. The van der Waals surface area contributed by atoms with Gasteiger partial charge in [-0.05, 0) is 42.7 Å². The first-order valence-electron chi connectivity index (χ1n) is 6.53. The molecule has 1 aromatic carbocycles. The van der Waals surface area contributed by atoms with Gasteiger partial charge in [0, 0.05) is 0 Å². The van der Waals surface area contributed by atoms with E-state index >= 15 is 0 Å². The second-order valence-corrected chi connectivity index (χ2v) is 5.64. The lowest BCUT2D eigenvalue weighted by Gasteiger charge is -2.17. The molecule has 2 aromatic rings. The highest BCUT2D eigenvalue weighted by molar-refractivity contribution is 7.05. The van der Waals surface area contributed by atoms with Crippen LogP contribution in [0.1, 0.15) is 35.5 Å². The summed E-state index contributed by atoms with van der Waals surface area (Å²) < 4.78 is 9.38. The van der Waals surface area contributed by atoms with E-state index in [-0.39, 0.29) is 6.04 Å². The zero-order chi connectivity index (χ0) is 14.5. The van der Waals surface area contributed by atoms with E-state index in [2.05, 4.69) is 21.8 Å². The molecule has 0 fully saturated rings. The van der Waals surface area contributed by atoms with Crippen molar-refractivity contribution in [2.75, 3.05) is 14.2 Å². The highest BCUT2D eigenvalue weighted by Gasteiger charge is 2.20. The number of hydrogen-bond donors (Lipinski definition) is 1. The first-order chi connectivity index (χ1) is 9.71. The summed E-state index contributed by atoms with van der Waals surface area (Å²) >= 11 is 7.52. The number of ether oxygens (including phenoxy) is 1. The van der Waals surface area contributed by atoms with Gasteiger partial charge < -0.3 is 10.1 Å². The predicted octanol–water partition coefficient (Wildman–Crippen LogP) is 3.46. The van der Waals surface area contributed by atoms with Gasteiger partial charge in [-0.25, -0.2) is 0 Å². The predicted molar refractivity (Wildman–Crippen MR) is 82.8 cm³/mol. The molecule has 1 heterocycles. The van der Waals surface area contributed by atoms with E-state index in [0.717, 1.165) is 29.0 Å². The van der Waals surface area contributed by atoms with Gasteiger partial charge in [0.15, 0.2) is 0 Å². The number of aryl methyl sites for hydroxylation is 1. The van der Waals surface area contributed by atoms with E-state index in [9.17, 15) is 0 Å². The van der Waals surface area contributed by atoms with Crippen molar-refractivity contribution in [1.29, 1.82) is 0 Å². The number of hydrogen-bond acceptors (Lipinski definition) is 5. The third-order valence-electron chi connectivity index (χ3n) is 3.13. The molecule has 1 N–H and O–H groups in total. The Balaban J connectivity index is 2.39. The van der Waals surface area contributed by atoms with Crippen molar-refractivity contribution in [1.82, 2.24) is 14.9 Å². The van der Waals surface area contributed by atoms with Crippen LogP contribution in [0, 0.1) is 0 Å². The summed E-state index contributed by atoms with van der Waals surface area (Å²) in [6.07, 6.45) is 1.99. The van der Waals surface area contributed by atoms with Crippen molar-refractivity contribution in [3.05, 3.63) is 39.4 Å². The Morgan fingerprint density at radius 3 is 2.90 bits per heavy atom. The topological polar surface area (TPSA) is 47.0 Å². The maximum atomic E-state index is 6.08. The van der Waals surface area contributed by atoms with E-state index in [1.165, 1.54) is 11.5 Å². The Morgan fingerprint density at radius 2 is 2.25 bits per heavy atom. The molecule has 0 amide bonds. The Morgan fingerprint density at radius 1 is 1.45 bits per heavy atom. The van der Waals surface area contributed by atoms with Crippen LogP contribution in [0.25, 0.3) is 0 Å². The van der Waals surface area contributed by atoms with E-state index in [0.29, 0.717) is 10.8 Å². The fourth-order valence-corrected chi connectivity index (χ4v) is 3.18. The first kappa shape index (κ1) is 15.2. The van der Waals surface area contributed by atoms with Crippen molar-refractivity contribution >= 4 is 23.1 Å². The maximum absolute atomic E-state index is 6.08. The molecular formula is C14H18ClN3OS. The molecule has 0 spiro atoms. The minimum absolute atomic E-state index is 0.0581. The monoisotopic (exact) mass is 311 g/mol. The van der Waals surface area contributed by atoms with Crippen molar-refractivity contribution in [2.24, 2.45) is 0 Å². The molecule has 1 atom stereocenters. The van der Waals surface area contributed by atoms with Crippen LogP contribution in [-0.4, -0.2) is 23.7 Å². The van der Waals surface area contributed by atoms with Crippen LogP contribution in [0.2, 0.25) is 5.02 Å². The van der Waals surface area contributed by atoms with Crippen molar-refractivity contribution in [3.8, 4) is 5.75 Å². The minimum atomic E-state index is 0.0581. The van der Waals surface area contributed by atoms with E-state index < -0.39 is 0 Å². The van der Waals surface area contributed by atoms with Crippen LogP contribution in [0.5, 0.6) is 5.75 Å². The largest absolute Gasteiger partial charge is 0.495 e. The third-order valence-corrected chi connectivity index (χ3v) is 4.27. The van der Waals surface area contributed by atoms with Crippen LogP contribution in [0.15, 0.2) is 18.2 Å². The van der Waals surface area contributed by atoms with Gasteiger partial charge >= 0.3 is 0 Å². The molecule has 20 heavy (non-hydrogen) atoms. The Kier molecular flexibility index (Phi) is 5.34. The summed E-state index contributed by atoms with van der Waals surface area (Å²) in [5, 5.41) is 8.17. The average Bonchev–Trinajstić information content (AvgIpc) is 2.90. The molecule has 0 aliphatic heterocycles. The van der Waals surface area contributed by atoms with Crippen LogP contribution in [0.4, 0.5) is 0 Å². The van der Waals surface area contributed by atoms with Gasteiger partial charge in [0.2, 0.25) is 0 Å². The summed E-state index contributed by atoms with van der Waals surface area (Å²) in [5.74, 6) is 0.680. The summed E-state index contributed by atoms with van der Waals surface area (Å²) in [6, 6.07) is 5.87. The molecule has 6 heteroatoms. The molecule has 1 unspecified atom stereocenters. The molecule has 108 valence electrons. The Hall–Kier alpha value is -1.17. The molecule has 0 aliphatic rings. The van der Waals surface area contributed by atoms with Gasteiger partial charge in [-0.1, -0.05) is 35.5 Å². The van der Waals surface area contributed by atoms with E-state index in [4.69, 9.17) is 16.3 Å². The van der Waals surface area contributed by atoms with Crippen LogP contribution < -0.4 is 10.1 Å². The second kappa shape index (κ2) is 7.02. The van der Waals surface area contributed by atoms with Gasteiger partial charge in [-0.2, -0.15) is 0 Å². The fraction of sp³-hybridized carbons (Fsp3) is 0.429. The molecule has 0 saturated heterocycles. The first-order valence-corrected chi connectivity index (χ1v) is 7.68. The minimum Gasteiger partial charge on any atom is -0.495 e. The number of nitrogens with one attached hydrogen (secondary N) is 1. The van der Waals surface area contributed by atoms with Gasteiger partial charge in [0.1, 0.15) is 5.75 Å². The quantitative estimate of drug-likeness (QED) is 0.887. The number of nitrogens with zero attached hydrogens (tertiary/aromatic N) is 2. The molecule has 0 bridgehead atoms. The van der Waals surface area contributed by atoms with E-state index in [1.54, 1.807) is 7.11 Å². The lowest BCUT2D eigenvalue weighted by atomic mass is 10.0. The fourth-order valence-electron chi connectivity index (χ4n) is 2.15. The summed E-state index contributed by atoms with van der Waals surface area (Å²) in [7, 11) is 3.55. The molecule has 0 radical (unpaired) electrons. The Labute approximate surface area is 128 Å². The summed E-state index contributed by atoms with van der Waals surface area (Å²) in [4.78, 5) is 1.15.